The van der Waals surface area contributed by atoms with Gasteiger partial charge in [-0.25, -0.2) is 4.99 Å². The molecule has 1 amide bonds. The van der Waals surface area contributed by atoms with Crippen LogP contribution in [0.1, 0.15) is 31.0 Å². The zero-order chi connectivity index (χ0) is 30.5. The van der Waals surface area contributed by atoms with Gasteiger partial charge in [-0.2, -0.15) is 0 Å². The van der Waals surface area contributed by atoms with Gasteiger partial charge in [-0.3, -0.25) is 14.2 Å². The number of benzene rings is 3. The van der Waals surface area contributed by atoms with Crippen LogP contribution in [-0.2, 0) is 4.79 Å². The van der Waals surface area contributed by atoms with Gasteiger partial charge in [0.25, 0.3) is 11.5 Å². The van der Waals surface area contributed by atoms with E-state index in [9.17, 15) is 9.59 Å². The van der Waals surface area contributed by atoms with Crippen LogP contribution in [0.15, 0.2) is 87.8 Å². The second-order valence-corrected chi connectivity index (χ2v) is 10.8. The zero-order valence-corrected chi connectivity index (χ0v) is 25.3. The summed E-state index contributed by atoms with van der Waals surface area (Å²) in [6.07, 6.45) is 7.07. The molecule has 0 aliphatic carbocycles. The Hall–Kier alpha value is -4.78. The number of halogens is 1. The fraction of sp³-hybridized carbons (Fsp3) is 0.182. The highest BCUT2D eigenvalue weighted by molar-refractivity contribution is 7.07. The number of anilines is 1. The lowest BCUT2D eigenvalue weighted by atomic mass is 9.95. The van der Waals surface area contributed by atoms with E-state index < -0.39 is 6.04 Å². The number of ether oxygens (including phenoxy) is 3. The molecule has 0 saturated carbocycles. The van der Waals surface area contributed by atoms with Crippen molar-refractivity contribution in [1.82, 2.24) is 4.57 Å². The molecular formula is C33H28ClN3O5S. The number of methoxy groups -OCH3 is 1. The van der Waals surface area contributed by atoms with Crippen LogP contribution in [-0.4, -0.2) is 30.8 Å². The second-order valence-electron chi connectivity index (χ2n) is 9.43. The molecule has 0 radical (unpaired) electrons. The highest BCUT2D eigenvalue weighted by Crippen LogP contribution is 2.37. The molecule has 218 valence electrons. The van der Waals surface area contributed by atoms with Crippen molar-refractivity contribution < 1.29 is 19.0 Å². The van der Waals surface area contributed by atoms with Crippen LogP contribution < -0.4 is 34.4 Å². The Kier molecular flexibility index (Phi) is 9.00. The van der Waals surface area contributed by atoms with Crippen LogP contribution in [0.25, 0.3) is 6.08 Å². The van der Waals surface area contributed by atoms with Gasteiger partial charge in [-0.05, 0) is 67.4 Å². The van der Waals surface area contributed by atoms with E-state index in [1.807, 2.05) is 37.3 Å². The van der Waals surface area contributed by atoms with E-state index in [1.54, 1.807) is 61.1 Å². The summed E-state index contributed by atoms with van der Waals surface area (Å²) < 4.78 is 18.6. The number of rotatable bonds is 9. The summed E-state index contributed by atoms with van der Waals surface area (Å²) in [6.45, 7) is 4.03. The van der Waals surface area contributed by atoms with Gasteiger partial charge >= 0.3 is 0 Å². The minimum absolute atomic E-state index is 0.0304. The third-order valence-corrected chi connectivity index (χ3v) is 7.92. The normalized spacial score (nSPS) is 14.4. The van der Waals surface area contributed by atoms with E-state index in [2.05, 4.69) is 11.2 Å². The molecular weight excluding hydrogens is 586 g/mol. The molecule has 8 nitrogen and oxygen atoms in total. The van der Waals surface area contributed by atoms with Crippen LogP contribution >= 0.6 is 22.9 Å². The first-order valence-corrected chi connectivity index (χ1v) is 14.6. The van der Waals surface area contributed by atoms with Gasteiger partial charge in [-0.1, -0.05) is 59.2 Å². The van der Waals surface area contributed by atoms with Gasteiger partial charge < -0.3 is 19.5 Å². The topological polar surface area (TPSA) is 91.2 Å². The molecule has 43 heavy (non-hydrogen) atoms. The number of carbonyl (C=O) groups is 1. The molecule has 0 saturated heterocycles. The summed E-state index contributed by atoms with van der Waals surface area (Å²) in [5.74, 6) is 3.48. The van der Waals surface area contributed by atoms with Crippen molar-refractivity contribution in [2.24, 2.45) is 4.99 Å². The van der Waals surface area contributed by atoms with Crippen molar-refractivity contribution in [2.45, 2.75) is 19.9 Å². The molecule has 0 spiro atoms. The number of aromatic nitrogens is 1. The SMILES string of the molecule is C#CCOc1c(Cl)cc(/C=c2/sc3n(c2=O)[C@@H](c2ccc(OC)cc2)C(C(=O)Nc2ccccc2)=C(C)N=3)cc1OCC. The number of hydrogen-bond donors (Lipinski definition) is 1. The molecule has 10 heteroatoms. The third-order valence-electron chi connectivity index (χ3n) is 6.66. The van der Waals surface area contributed by atoms with Crippen LogP contribution in [0, 0.1) is 12.3 Å². The van der Waals surface area contributed by atoms with Gasteiger partial charge in [0, 0.05) is 5.69 Å². The van der Waals surface area contributed by atoms with Crippen LogP contribution in [0.4, 0.5) is 5.69 Å². The average Bonchev–Trinajstić information content (AvgIpc) is 3.30. The first-order valence-electron chi connectivity index (χ1n) is 13.4. The molecule has 0 fully saturated rings. The number of nitrogens with one attached hydrogen (secondary N) is 1. The highest BCUT2D eigenvalue weighted by Gasteiger charge is 2.32. The predicted molar refractivity (Wildman–Crippen MR) is 169 cm³/mol. The first kappa shape index (κ1) is 29.7. The summed E-state index contributed by atoms with van der Waals surface area (Å²) in [7, 11) is 1.58. The van der Waals surface area contributed by atoms with Gasteiger partial charge in [0.1, 0.15) is 12.4 Å². The molecule has 1 aliphatic heterocycles. The van der Waals surface area contributed by atoms with E-state index in [4.69, 9.17) is 37.2 Å². The molecule has 1 atom stereocenters. The average molecular weight is 614 g/mol. The number of nitrogens with zero attached hydrogens (tertiary/aromatic N) is 2. The minimum atomic E-state index is -0.727. The van der Waals surface area contributed by atoms with Gasteiger partial charge in [-0.15, -0.1) is 6.42 Å². The number of para-hydroxylation sites is 1. The molecule has 0 bridgehead atoms. The highest BCUT2D eigenvalue weighted by atomic mass is 35.5. The lowest BCUT2D eigenvalue weighted by Gasteiger charge is -2.25. The Bertz CT molecular complexity index is 1920. The Labute approximate surface area is 257 Å². The Balaban J connectivity index is 1.64. The number of allylic oxidation sites excluding steroid dienone is 1. The maximum Gasteiger partial charge on any atom is 0.271 e. The molecule has 1 aromatic heterocycles. The van der Waals surface area contributed by atoms with Crippen molar-refractivity contribution in [3.63, 3.8) is 0 Å². The molecule has 3 aromatic carbocycles. The van der Waals surface area contributed by atoms with Crippen molar-refractivity contribution in [3.8, 4) is 29.6 Å². The molecule has 1 aliphatic rings. The maximum absolute atomic E-state index is 14.1. The number of terminal acetylenes is 1. The molecule has 1 N–H and O–H groups in total. The second kappa shape index (κ2) is 13.0. The van der Waals surface area contributed by atoms with Crippen LogP contribution in [0.5, 0.6) is 17.2 Å². The van der Waals surface area contributed by atoms with Crippen LogP contribution in [0.2, 0.25) is 5.02 Å². The summed E-state index contributed by atoms with van der Waals surface area (Å²) in [5, 5.41) is 3.25. The minimum Gasteiger partial charge on any atom is -0.497 e. The standard InChI is InChI=1S/C33H28ClN3O5S/c1-5-16-42-30-25(34)17-21(18-26(30)41-6-2)19-27-32(39)37-29(22-12-14-24(40-4)15-13-22)28(20(3)35-33(37)43-27)31(38)36-23-10-8-7-9-11-23/h1,7-15,17-19,29H,6,16H2,2-4H3,(H,36,38)/b27-19+/t29-/m0/s1. The Morgan fingerprint density at radius 3 is 2.58 bits per heavy atom. The number of hydrogen-bond acceptors (Lipinski definition) is 7. The third kappa shape index (κ3) is 6.21. The number of thiazole rings is 1. The molecule has 4 aromatic rings. The largest absolute Gasteiger partial charge is 0.497 e. The Morgan fingerprint density at radius 2 is 1.91 bits per heavy atom. The summed E-state index contributed by atoms with van der Waals surface area (Å²) in [5.41, 5.74) is 2.57. The summed E-state index contributed by atoms with van der Waals surface area (Å²) in [4.78, 5) is 32.9. The monoisotopic (exact) mass is 613 g/mol. The molecule has 0 unspecified atom stereocenters. The summed E-state index contributed by atoms with van der Waals surface area (Å²) in [6, 6.07) is 19.1. The van der Waals surface area contributed by atoms with Gasteiger partial charge in [0.15, 0.2) is 16.3 Å². The molecule has 2 heterocycles. The van der Waals surface area contributed by atoms with Crippen molar-refractivity contribution >= 4 is 40.6 Å². The smallest absolute Gasteiger partial charge is 0.271 e. The van der Waals surface area contributed by atoms with E-state index in [1.165, 1.54) is 11.3 Å². The fourth-order valence-electron chi connectivity index (χ4n) is 4.77. The molecule has 5 rings (SSSR count). The van der Waals surface area contributed by atoms with E-state index in [-0.39, 0.29) is 18.1 Å². The lowest BCUT2D eigenvalue weighted by Crippen LogP contribution is -2.40. The van der Waals surface area contributed by atoms with E-state index in [0.717, 1.165) is 5.56 Å². The van der Waals surface area contributed by atoms with Crippen molar-refractivity contribution in [2.75, 3.05) is 25.6 Å². The van der Waals surface area contributed by atoms with Gasteiger partial charge in [0.05, 0.1) is 40.6 Å². The van der Waals surface area contributed by atoms with Crippen molar-refractivity contribution in [3.05, 3.63) is 114 Å². The van der Waals surface area contributed by atoms with E-state index >= 15 is 0 Å². The summed E-state index contributed by atoms with van der Waals surface area (Å²) >= 11 is 7.75. The lowest BCUT2D eigenvalue weighted by molar-refractivity contribution is -0.113. The maximum atomic E-state index is 14.1. The van der Waals surface area contributed by atoms with Gasteiger partial charge in [0.2, 0.25) is 0 Å². The Morgan fingerprint density at radius 1 is 1.16 bits per heavy atom. The van der Waals surface area contributed by atoms with Crippen molar-refractivity contribution in [1.29, 1.82) is 0 Å². The number of fused-ring (bicyclic) bond motifs is 1. The number of carbonyl (C=O) groups excluding carboxylic acids is 1. The predicted octanol–water partition coefficient (Wildman–Crippen LogP) is 4.95. The quantitative estimate of drug-likeness (QED) is 0.270. The number of amides is 1. The first-order chi connectivity index (χ1) is 20.8. The zero-order valence-electron chi connectivity index (χ0n) is 23.7. The van der Waals surface area contributed by atoms with Crippen LogP contribution in [0.3, 0.4) is 0 Å². The van der Waals surface area contributed by atoms with E-state index in [0.29, 0.717) is 60.7 Å². The fourth-order valence-corrected chi connectivity index (χ4v) is 6.09.